The molecular formula is C19H21FN4O2. The minimum Gasteiger partial charge on any atom is -0.342 e. The molecule has 1 atom stereocenters. The van der Waals surface area contributed by atoms with E-state index in [1.165, 1.54) is 17.0 Å². The van der Waals surface area contributed by atoms with Crippen LogP contribution in [0.3, 0.4) is 0 Å². The van der Waals surface area contributed by atoms with Gasteiger partial charge in [-0.25, -0.2) is 4.39 Å². The number of benzene rings is 1. The van der Waals surface area contributed by atoms with Crippen LogP contribution in [-0.4, -0.2) is 47.8 Å². The summed E-state index contributed by atoms with van der Waals surface area (Å²) in [6, 6.07) is 10.1. The van der Waals surface area contributed by atoms with Crippen molar-refractivity contribution in [2.45, 2.75) is 25.7 Å². The molecule has 7 heteroatoms. The molecule has 0 unspecified atom stereocenters. The van der Waals surface area contributed by atoms with E-state index in [0.717, 1.165) is 5.56 Å². The smallest absolute Gasteiger partial charge is 0.228 e. The molecule has 1 aromatic carbocycles. The molecular weight excluding hydrogens is 335 g/mol. The Kier molecular flexibility index (Phi) is 7.11. The molecule has 1 fully saturated rings. The van der Waals surface area contributed by atoms with Crippen LogP contribution >= 0.6 is 0 Å². The number of nitrogens with zero attached hydrogens (tertiary/aromatic N) is 4. The van der Waals surface area contributed by atoms with Crippen molar-refractivity contribution >= 4 is 11.8 Å². The Hall–Kier alpha value is -2.93. The second-order valence-electron chi connectivity index (χ2n) is 6.26. The van der Waals surface area contributed by atoms with Crippen molar-refractivity contribution in [3.05, 3.63) is 35.6 Å². The highest BCUT2D eigenvalue weighted by Crippen LogP contribution is 2.21. The summed E-state index contributed by atoms with van der Waals surface area (Å²) in [6.45, 7) is 1.37. The summed E-state index contributed by atoms with van der Waals surface area (Å²) in [5, 5.41) is 17.5. The van der Waals surface area contributed by atoms with Crippen molar-refractivity contribution in [2.24, 2.45) is 5.92 Å². The molecule has 26 heavy (non-hydrogen) atoms. The molecule has 0 N–H and O–H groups in total. The minimum absolute atomic E-state index is 0.0778. The van der Waals surface area contributed by atoms with Crippen LogP contribution in [0.1, 0.15) is 24.8 Å². The number of hydrogen-bond donors (Lipinski definition) is 0. The van der Waals surface area contributed by atoms with Gasteiger partial charge in [-0.05, 0) is 24.1 Å². The first kappa shape index (κ1) is 19.4. The molecule has 2 rings (SSSR count). The van der Waals surface area contributed by atoms with Crippen LogP contribution in [-0.2, 0) is 16.0 Å². The molecule has 2 amide bonds. The third-order valence-electron chi connectivity index (χ3n) is 4.45. The first-order valence-corrected chi connectivity index (χ1v) is 8.60. The second kappa shape index (κ2) is 9.53. The zero-order chi connectivity index (χ0) is 18.9. The van der Waals surface area contributed by atoms with Gasteiger partial charge >= 0.3 is 0 Å². The summed E-state index contributed by atoms with van der Waals surface area (Å²) in [4.78, 5) is 28.0. The van der Waals surface area contributed by atoms with Crippen LogP contribution in [0.15, 0.2) is 24.3 Å². The van der Waals surface area contributed by atoms with Gasteiger partial charge in [0.15, 0.2) is 0 Å². The number of amides is 2. The zero-order valence-corrected chi connectivity index (χ0v) is 14.5. The highest BCUT2D eigenvalue weighted by Gasteiger charge is 2.36. The average molecular weight is 356 g/mol. The first-order chi connectivity index (χ1) is 12.5. The quantitative estimate of drug-likeness (QED) is 0.711. The fourth-order valence-electron chi connectivity index (χ4n) is 3.03. The van der Waals surface area contributed by atoms with Crippen LogP contribution in [0.5, 0.6) is 0 Å². The molecule has 1 heterocycles. The largest absolute Gasteiger partial charge is 0.342 e. The van der Waals surface area contributed by atoms with Crippen molar-refractivity contribution < 1.29 is 14.0 Å². The highest BCUT2D eigenvalue weighted by atomic mass is 19.1. The predicted molar refractivity (Wildman–Crippen MR) is 91.8 cm³/mol. The fourth-order valence-corrected chi connectivity index (χ4v) is 3.03. The van der Waals surface area contributed by atoms with Gasteiger partial charge in [-0.2, -0.15) is 10.5 Å². The summed E-state index contributed by atoms with van der Waals surface area (Å²) in [7, 11) is 0. The maximum Gasteiger partial charge on any atom is 0.228 e. The van der Waals surface area contributed by atoms with E-state index < -0.39 is 5.92 Å². The molecule has 1 aliphatic heterocycles. The van der Waals surface area contributed by atoms with Crippen LogP contribution in [0, 0.1) is 34.4 Å². The molecule has 136 valence electrons. The molecule has 0 spiro atoms. The van der Waals surface area contributed by atoms with E-state index in [-0.39, 0.29) is 50.0 Å². The normalized spacial score (nSPS) is 16.2. The molecule has 0 radical (unpaired) electrons. The number of carbonyl (C=O) groups is 2. The van der Waals surface area contributed by atoms with E-state index in [1.807, 2.05) is 12.1 Å². The molecule has 1 aliphatic rings. The number of carbonyl (C=O) groups excluding carboxylic acids is 2. The van der Waals surface area contributed by atoms with Crippen LogP contribution in [0.25, 0.3) is 0 Å². The van der Waals surface area contributed by atoms with Gasteiger partial charge in [0.1, 0.15) is 5.82 Å². The summed E-state index contributed by atoms with van der Waals surface area (Å²) in [6.07, 6.45) is 1.15. The monoisotopic (exact) mass is 356 g/mol. The third-order valence-corrected chi connectivity index (χ3v) is 4.45. The van der Waals surface area contributed by atoms with Gasteiger partial charge < -0.3 is 9.80 Å². The number of likely N-dealkylation sites (tertiary alicyclic amines) is 1. The summed E-state index contributed by atoms with van der Waals surface area (Å²) < 4.78 is 12.9. The van der Waals surface area contributed by atoms with Crippen molar-refractivity contribution in [3.63, 3.8) is 0 Å². The summed E-state index contributed by atoms with van der Waals surface area (Å²) >= 11 is 0. The number of nitriles is 2. The molecule has 1 saturated heterocycles. The van der Waals surface area contributed by atoms with Crippen LogP contribution < -0.4 is 0 Å². The van der Waals surface area contributed by atoms with Gasteiger partial charge in [0.25, 0.3) is 0 Å². The van der Waals surface area contributed by atoms with Crippen LogP contribution in [0.2, 0.25) is 0 Å². The SMILES string of the molecule is N#CCCN(CCC#N)C(=O)[C@@H]1CC(=O)N(CCc2ccc(F)cc2)C1. The Bertz CT molecular complexity index is 703. The van der Waals surface area contributed by atoms with E-state index in [9.17, 15) is 14.0 Å². The average Bonchev–Trinajstić information content (AvgIpc) is 3.02. The van der Waals surface area contributed by atoms with Gasteiger partial charge in [-0.1, -0.05) is 12.1 Å². The van der Waals surface area contributed by atoms with Gasteiger partial charge in [0.2, 0.25) is 11.8 Å². The highest BCUT2D eigenvalue weighted by molar-refractivity contribution is 5.89. The Morgan fingerprint density at radius 1 is 1.19 bits per heavy atom. The van der Waals surface area contributed by atoms with E-state index in [1.54, 1.807) is 17.0 Å². The molecule has 6 nitrogen and oxygen atoms in total. The van der Waals surface area contributed by atoms with Crippen molar-refractivity contribution in [3.8, 4) is 12.1 Å². The van der Waals surface area contributed by atoms with Gasteiger partial charge in [-0.15, -0.1) is 0 Å². The Morgan fingerprint density at radius 3 is 2.38 bits per heavy atom. The summed E-state index contributed by atoms with van der Waals surface area (Å²) in [5.41, 5.74) is 0.929. The molecule has 0 aromatic heterocycles. The lowest BCUT2D eigenvalue weighted by Crippen LogP contribution is -2.38. The standard InChI is InChI=1S/C19H21FN4O2/c20-17-5-3-15(4-6-17)7-12-24-14-16(13-18(24)25)19(26)23(10-1-8-21)11-2-9-22/h3-6,16H,1-2,7,10-14H2/t16-/m1/s1. The van der Waals surface area contributed by atoms with Crippen molar-refractivity contribution in [1.82, 2.24) is 9.80 Å². The van der Waals surface area contributed by atoms with E-state index in [4.69, 9.17) is 10.5 Å². The maximum absolute atomic E-state index is 12.9. The molecule has 0 saturated carbocycles. The summed E-state index contributed by atoms with van der Waals surface area (Å²) in [5.74, 6) is -0.987. The maximum atomic E-state index is 12.9. The topological polar surface area (TPSA) is 88.2 Å². The van der Waals surface area contributed by atoms with Gasteiger partial charge in [0.05, 0.1) is 30.9 Å². The van der Waals surface area contributed by atoms with Crippen LogP contribution in [0.4, 0.5) is 4.39 Å². The predicted octanol–water partition coefficient (Wildman–Crippen LogP) is 1.87. The van der Waals surface area contributed by atoms with Gasteiger partial charge in [-0.3, -0.25) is 9.59 Å². The Balaban J connectivity index is 1.91. The first-order valence-electron chi connectivity index (χ1n) is 8.60. The van der Waals surface area contributed by atoms with Crippen molar-refractivity contribution in [2.75, 3.05) is 26.2 Å². The lowest BCUT2D eigenvalue weighted by atomic mass is 10.1. The number of halogens is 1. The zero-order valence-electron chi connectivity index (χ0n) is 14.5. The Morgan fingerprint density at radius 2 is 1.81 bits per heavy atom. The van der Waals surface area contributed by atoms with Gasteiger partial charge in [0, 0.05) is 32.6 Å². The lowest BCUT2D eigenvalue weighted by molar-refractivity contribution is -0.135. The Labute approximate surface area is 152 Å². The molecule has 0 aliphatic carbocycles. The van der Waals surface area contributed by atoms with E-state index >= 15 is 0 Å². The third kappa shape index (κ3) is 5.29. The number of rotatable bonds is 8. The van der Waals surface area contributed by atoms with E-state index in [2.05, 4.69) is 0 Å². The van der Waals surface area contributed by atoms with E-state index in [0.29, 0.717) is 19.5 Å². The minimum atomic E-state index is -0.437. The van der Waals surface area contributed by atoms with Crippen molar-refractivity contribution in [1.29, 1.82) is 10.5 Å². The lowest BCUT2D eigenvalue weighted by Gasteiger charge is -2.24. The molecule has 1 aromatic rings. The second-order valence-corrected chi connectivity index (χ2v) is 6.26. The number of hydrogen-bond acceptors (Lipinski definition) is 4. The fraction of sp³-hybridized carbons (Fsp3) is 0.474. The molecule has 0 bridgehead atoms.